The van der Waals surface area contributed by atoms with E-state index in [1.165, 1.54) is 7.11 Å². The Morgan fingerprint density at radius 3 is 2.12 bits per heavy atom. The van der Waals surface area contributed by atoms with Crippen LogP contribution in [-0.2, 0) is 14.3 Å². The van der Waals surface area contributed by atoms with Gasteiger partial charge in [-0.15, -0.1) is 0 Å². The fourth-order valence-corrected chi connectivity index (χ4v) is 6.72. The molecule has 0 aromatic rings. The SMILES string of the molecule is COC(=O)N1C2CCC(C3CCC(C(=O)N4CC(O)C4)CC3)CC2N(C(=O)OC(C)C)C[C@@H]1C. The first-order valence-corrected chi connectivity index (χ1v) is 13.0. The molecule has 4 rings (SSSR count). The summed E-state index contributed by atoms with van der Waals surface area (Å²) in [5, 5.41) is 9.50. The molecule has 2 aliphatic carbocycles. The van der Waals surface area contributed by atoms with Gasteiger partial charge in [-0.05, 0) is 77.6 Å². The Labute approximate surface area is 202 Å². The van der Waals surface area contributed by atoms with Crippen LogP contribution in [0.25, 0.3) is 0 Å². The van der Waals surface area contributed by atoms with Gasteiger partial charge < -0.3 is 24.4 Å². The van der Waals surface area contributed by atoms with Crippen LogP contribution in [0.1, 0.15) is 65.7 Å². The first-order chi connectivity index (χ1) is 16.2. The van der Waals surface area contributed by atoms with E-state index in [1.807, 2.05) is 30.6 Å². The highest BCUT2D eigenvalue weighted by Gasteiger charge is 2.49. The minimum Gasteiger partial charge on any atom is -0.453 e. The number of hydrogen-bond donors (Lipinski definition) is 1. The Morgan fingerprint density at radius 2 is 1.53 bits per heavy atom. The Bertz CT molecular complexity index is 762. The molecule has 4 atom stereocenters. The number of aliphatic hydroxyl groups is 1. The van der Waals surface area contributed by atoms with Gasteiger partial charge >= 0.3 is 12.2 Å². The van der Waals surface area contributed by atoms with Gasteiger partial charge in [-0.1, -0.05) is 0 Å². The second-order valence-corrected chi connectivity index (χ2v) is 11.0. The molecule has 1 N–H and O–H groups in total. The van der Waals surface area contributed by atoms with Crippen molar-refractivity contribution in [1.82, 2.24) is 14.7 Å². The number of hydrogen-bond acceptors (Lipinski definition) is 6. The zero-order valence-corrected chi connectivity index (χ0v) is 21.0. The number of aliphatic hydroxyl groups excluding tert-OH is 1. The minimum atomic E-state index is -0.358. The van der Waals surface area contributed by atoms with Gasteiger partial charge in [-0.3, -0.25) is 9.69 Å². The number of likely N-dealkylation sites (tertiary alicyclic amines) is 1. The number of ether oxygens (including phenoxy) is 2. The third-order valence-corrected chi connectivity index (χ3v) is 8.43. The van der Waals surface area contributed by atoms with Crippen molar-refractivity contribution in [1.29, 1.82) is 0 Å². The van der Waals surface area contributed by atoms with Crippen molar-refractivity contribution < 1.29 is 29.0 Å². The zero-order chi connectivity index (χ0) is 24.6. The van der Waals surface area contributed by atoms with Crippen LogP contribution in [-0.4, -0.2) is 95.0 Å². The lowest BCUT2D eigenvalue weighted by molar-refractivity contribution is -0.147. The molecule has 9 nitrogen and oxygen atoms in total. The number of fused-ring (bicyclic) bond motifs is 1. The van der Waals surface area contributed by atoms with E-state index in [4.69, 9.17) is 9.47 Å². The maximum atomic E-state index is 13.0. The smallest absolute Gasteiger partial charge is 0.410 e. The van der Waals surface area contributed by atoms with Crippen LogP contribution in [0.3, 0.4) is 0 Å². The van der Waals surface area contributed by atoms with Gasteiger partial charge in [-0.2, -0.15) is 0 Å². The van der Waals surface area contributed by atoms with E-state index in [0.717, 1.165) is 44.9 Å². The molecule has 0 bridgehead atoms. The van der Waals surface area contributed by atoms with Gasteiger partial charge in [0.25, 0.3) is 0 Å². The van der Waals surface area contributed by atoms with Gasteiger partial charge in [0, 0.05) is 25.6 Å². The van der Waals surface area contributed by atoms with Crippen molar-refractivity contribution in [3.05, 3.63) is 0 Å². The van der Waals surface area contributed by atoms with E-state index in [0.29, 0.717) is 31.5 Å². The summed E-state index contributed by atoms with van der Waals surface area (Å²) in [6.07, 6.45) is 5.34. The van der Waals surface area contributed by atoms with E-state index in [9.17, 15) is 19.5 Å². The summed E-state index contributed by atoms with van der Waals surface area (Å²) in [6, 6.07) is -0.281. The quantitative estimate of drug-likeness (QED) is 0.668. The molecule has 0 aromatic heterocycles. The highest BCUT2D eigenvalue weighted by molar-refractivity contribution is 5.79. The predicted octanol–water partition coefficient (Wildman–Crippen LogP) is 2.85. The first-order valence-electron chi connectivity index (χ1n) is 13.0. The number of carbonyl (C=O) groups is 3. The molecule has 0 aromatic carbocycles. The molecule has 34 heavy (non-hydrogen) atoms. The number of nitrogens with zero attached hydrogens (tertiary/aromatic N) is 3. The standard InChI is InChI=1S/C25H41N3O6/c1-15(2)34-24(31)27-12-16(3)28(25(32)33-4)21-10-9-19(11-22(21)27)17-5-7-18(8-6-17)23(30)26-13-20(29)14-26/h15-22,29H,5-14H2,1-4H3/t16-,17?,18?,19?,21?,22?/m0/s1. The van der Waals surface area contributed by atoms with Crippen LogP contribution in [0.5, 0.6) is 0 Å². The third kappa shape index (κ3) is 4.99. The molecule has 4 fully saturated rings. The van der Waals surface area contributed by atoms with Gasteiger partial charge in [0.2, 0.25) is 5.91 Å². The summed E-state index contributed by atoms with van der Waals surface area (Å²) < 4.78 is 10.7. The number of methoxy groups -OCH3 is 1. The largest absolute Gasteiger partial charge is 0.453 e. The number of rotatable bonds is 3. The number of carbonyl (C=O) groups excluding carboxylic acids is 3. The van der Waals surface area contributed by atoms with Crippen LogP contribution in [0.15, 0.2) is 0 Å². The maximum Gasteiger partial charge on any atom is 0.410 e. The summed E-state index contributed by atoms with van der Waals surface area (Å²) in [5.74, 6) is 1.26. The summed E-state index contributed by atoms with van der Waals surface area (Å²) in [4.78, 5) is 43.7. The highest BCUT2D eigenvalue weighted by Crippen LogP contribution is 2.44. The Morgan fingerprint density at radius 1 is 0.882 bits per heavy atom. The topological polar surface area (TPSA) is 99.6 Å². The van der Waals surface area contributed by atoms with Crippen molar-refractivity contribution >= 4 is 18.1 Å². The lowest BCUT2D eigenvalue weighted by atomic mass is 9.68. The van der Waals surface area contributed by atoms with Crippen LogP contribution in [0, 0.1) is 17.8 Å². The fourth-order valence-electron chi connectivity index (χ4n) is 6.72. The predicted molar refractivity (Wildman–Crippen MR) is 125 cm³/mol. The van der Waals surface area contributed by atoms with Crippen LogP contribution in [0.4, 0.5) is 9.59 Å². The van der Waals surface area contributed by atoms with E-state index < -0.39 is 0 Å². The fraction of sp³-hybridized carbons (Fsp3) is 0.880. The van der Waals surface area contributed by atoms with Crippen molar-refractivity contribution in [2.75, 3.05) is 26.7 Å². The highest BCUT2D eigenvalue weighted by atomic mass is 16.6. The Kier molecular flexibility index (Phi) is 7.60. The number of piperazine rings is 1. The Balaban J connectivity index is 1.41. The molecule has 3 unspecified atom stereocenters. The normalized spacial score (nSPS) is 34.4. The average molecular weight is 480 g/mol. The molecule has 192 valence electrons. The molecule has 3 amide bonds. The number of β-amino-alcohol motifs (C(OH)–C–C–N with tert-alkyl or cyclic N) is 1. The summed E-state index contributed by atoms with van der Waals surface area (Å²) in [6.45, 7) is 7.06. The van der Waals surface area contributed by atoms with Crippen molar-refractivity contribution in [3.8, 4) is 0 Å². The molecule has 0 radical (unpaired) electrons. The molecule has 2 saturated carbocycles. The Hall–Kier alpha value is -2.03. The van der Waals surface area contributed by atoms with Crippen molar-refractivity contribution in [2.45, 2.75) is 96.1 Å². The van der Waals surface area contributed by atoms with Gasteiger partial charge in [0.15, 0.2) is 0 Å². The van der Waals surface area contributed by atoms with E-state index in [-0.39, 0.29) is 54.3 Å². The second kappa shape index (κ2) is 10.3. The molecule has 4 aliphatic rings. The lowest BCUT2D eigenvalue weighted by Gasteiger charge is -2.54. The first kappa shape index (κ1) is 25.1. The summed E-state index contributed by atoms with van der Waals surface area (Å²) in [7, 11) is 1.41. The van der Waals surface area contributed by atoms with Gasteiger partial charge in [-0.25, -0.2) is 9.59 Å². The van der Waals surface area contributed by atoms with Crippen LogP contribution in [0.2, 0.25) is 0 Å². The van der Waals surface area contributed by atoms with Crippen molar-refractivity contribution in [3.63, 3.8) is 0 Å². The summed E-state index contributed by atoms with van der Waals surface area (Å²) in [5.41, 5.74) is 0. The second-order valence-electron chi connectivity index (χ2n) is 11.0. The van der Waals surface area contributed by atoms with E-state index >= 15 is 0 Å². The molecule has 2 heterocycles. The van der Waals surface area contributed by atoms with Crippen LogP contribution < -0.4 is 0 Å². The molecule has 9 heteroatoms. The molecule has 2 aliphatic heterocycles. The van der Waals surface area contributed by atoms with E-state index in [1.54, 1.807) is 4.90 Å². The molecule has 2 saturated heterocycles. The van der Waals surface area contributed by atoms with Crippen LogP contribution >= 0.6 is 0 Å². The molecule has 0 spiro atoms. The minimum absolute atomic E-state index is 0.0667. The maximum absolute atomic E-state index is 13.0. The van der Waals surface area contributed by atoms with Gasteiger partial charge in [0.1, 0.15) is 0 Å². The number of amides is 3. The third-order valence-electron chi connectivity index (χ3n) is 8.43. The molecular weight excluding hydrogens is 438 g/mol. The zero-order valence-electron chi connectivity index (χ0n) is 21.0. The van der Waals surface area contributed by atoms with Gasteiger partial charge in [0.05, 0.1) is 37.4 Å². The van der Waals surface area contributed by atoms with E-state index in [2.05, 4.69) is 0 Å². The average Bonchev–Trinajstić information content (AvgIpc) is 2.80. The lowest BCUT2D eigenvalue weighted by Crippen LogP contribution is -2.67. The monoisotopic (exact) mass is 479 g/mol. The van der Waals surface area contributed by atoms with Crippen molar-refractivity contribution in [2.24, 2.45) is 17.8 Å². The summed E-state index contributed by atoms with van der Waals surface area (Å²) >= 11 is 0. The molecular formula is C25H41N3O6.